The molecule has 114 valence electrons. The molecule has 0 N–H and O–H groups in total. The smallest absolute Gasteiger partial charge is 0.261 e. The Balaban J connectivity index is 1.98. The molecule has 5 heteroatoms. The summed E-state index contributed by atoms with van der Waals surface area (Å²) in [6.07, 6.45) is 5.65. The van der Waals surface area contributed by atoms with Gasteiger partial charge in [-0.3, -0.25) is 14.8 Å². The minimum atomic E-state index is -0.635. The van der Waals surface area contributed by atoms with Crippen LogP contribution >= 0.6 is 0 Å². The summed E-state index contributed by atoms with van der Waals surface area (Å²) < 4.78 is 13.9. The fraction of sp³-hybridized carbons (Fsp3) is 0.0556. The van der Waals surface area contributed by atoms with Crippen molar-refractivity contribution in [3.8, 4) is 0 Å². The van der Waals surface area contributed by atoms with Gasteiger partial charge < -0.3 is 4.90 Å². The zero-order valence-electron chi connectivity index (χ0n) is 12.3. The lowest BCUT2D eigenvalue weighted by atomic mass is 10.1. The van der Waals surface area contributed by atoms with Gasteiger partial charge in [-0.25, -0.2) is 4.39 Å². The third-order valence-corrected chi connectivity index (χ3v) is 3.41. The number of halogens is 1. The molecule has 0 unspecified atom stereocenters. The molecule has 0 saturated heterocycles. The van der Waals surface area contributed by atoms with Crippen LogP contribution in [-0.4, -0.2) is 15.9 Å². The molecule has 0 aliphatic heterocycles. The van der Waals surface area contributed by atoms with Gasteiger partial charge in [0, 0.05) is 24.3 Å². The summed E-state index contributed by atoms with van der Waals surface area (Å²) in [6, 6.07) is 14.4. The van der Waals surface area contributed by atoms with E-state index in [-0.39, 0.29) is 5.56 Å². The van der Waals surface area contributed by atoms with Crippen LogP contribution in [0.25, 0.3) is 0 Å². The molecule has 0 spiro atoms. The van der Waals surface area contributed by atoms with Gasteiger partial charge in [0.25, 0.3) is 5.91 Å². The maximum absolute atomic E-state index is 13.9. The van der Waals surface area contributed by atoms with Crippen molar-refractivity contribution in [3.63, 3.8) is 0 Å². The molecule has 23 heavy (non-hydrogen) atoms. The molecular formula is C18H14FN3O. The Hall–Kier alpha value is -3.08. The second-order valence-electron chi connectivity index (χ2n) is 4.94. The van der Waals surface area contributed by atoms with Gasteiger partial charge in [-0.1, -0.05) is 30.3 Å². The Kier molecular flexibility index (Phi) is 4.38. The van der Waals surface area contributed by atoms with Crippen LogP contribution in [0.3, 0.4) is 0 Å². The van der Waals surface area contributed by atoms with Gasteiger partial charge in [-0.15, -0.1) is 0 Å². The fourth-order valence-electron chi connectivity index (χ4n) is 2.26. The van der Waals surface area contributed by atoms with Crippen molar-refractivity contribution in [1.29, 1.82) is 0 Å². The molecule has 2 aromatic heterocycles. The minimum Gasteiger partial charge on any atom is -0.304 e. The molecule has 0 fully saturated rings. The van der Waals surface area contributed by atoms with Gasteiger partial charge in [0.15, 0.2) is 5.82 Å². The number of carbonyl (C=O) groups is 1. The van der Waals surface area contributed by atoms with Crippen molar-refractivity contribution in [1.82, 2.24) is 9.97 Å². The number of pyridine rings is 2. The van der Waals surface area contributed by atoms with E-state index >= 15 is 0 Å². The Morgan fingerprint density at radius 1 is 0.957 bits per heavy atom. The summed E-state index contributed by atoms with van der Waals surface area (Å²) in [5.41, 5.74) is 1.60. The van der Waals surface area contributed by atoms with Gasteiger partial charge in [0.2, 0.25) is 0 Å². The Morgan fingerprint density at radius 3 is 2.35 bits per heavy atom. The topological polar surface area (TPSA) is 46.1 Å². The number of carbonyl (C=O) groups excluding carboxylic acids is 1. The second kappa shape index (κ2) is 6.79. The summed E-state index contributed by atoms with van der Waals surface area (Å²) in [5, 5.41) is 0. The van der Waals surface area contributed by atoms with Crippen LogP contribution in [0, 0.1) is 5.82 Å². The number of hydrogen-bond donors (Lipinski definition) is 0. The SMILES string of the molecule is O=C(c1ccncc1F)N(Cc1ccccc1)c1ccncc1. The Morgan fingerprint density at radius 2 is 1.65 bits per heavy atom. The normalized spacial score (nSPS) is 10.3. The van der Waals surface area contributed by atoms with Gasteiger partial charge in [0.1, 0.15) is 0 Å². The highest BCUT2D eigenvalue weighted by molar-refractivity contribution is 6.06. The predicted octanol–water partition coefficient (Wildman–Crippen LogP) is 3.46. The van der Waals surface area contributed by atoms with Crippen LogP contribution in [0.4, 0.5) is 10.1 Å². The van der Waals surface area contributed by atoms with Crippen LogP contribution in [0.1, 0.15) is 15.9 Å². The van der Waals surface area contributed by atoms with E-state index in [2.05, 4.69) is 9.97 Å². The first-order valence-corrected chi connectivity index (χ1v) is 7.11. The van der Waals surface area contributed by atoms with E-state index < -0.39 is 11.7 Å². The summed E-state index contributed by atoms with van der Waals surface area (Å²) in [7, 11) is 0. The number of nitrogens with zero attached hydrogens (tertiary/aromatic N) is 3. The molecule has 1 amide bonds. The highest BCUT2D eigenvalue weighted by Crippen LogP contribution is 2.20. The predicted molar refractivity (Wildman–Crippen MR) is 85.4 cm³/mol. The Labute approximate surface area is 133 Å². The third-order valence-electron chi connectivity index (χ3n) is 3.41. The summed E-state index contributed by atoms with van der Waals surface area (Å²) >= 11 is 0. The standard InChI is InChI=1S/C18H14FN3O/c19-17-12-21-11-8-16(17)18(23)22(15-6-9-20-10-7-15)13-14-4-2-1-3-5-14/h1-12H,13H2. The monoisotopic (exact) mass is 307 g/mol. The van der Waals surface area contributed by atoms with Gasteiger partial charge in [0.05, 0.1) is 18.3 Å². The van der Waals surface area contributed by atoms with E-state index in [1.807, 2.05) is 30.3 Å². The quantitative estimate of drug-likeness (QED) is 0.741. The molecule has 2 heterocycles. The number of benzene rings is 1. The minimum absolute atomic E-state index is 0.00672. The zero-order valence-corrected chi connectivity index (χ0v) is 12.3. The molecular weight excluding hydrogens is 293 g/mol. The van der Waals surface area contributed by atoms with Crippen molar-refractivity contribution in [2.24, 2.45) is 0 Å². The summed E-state index contributed by atoms with van der Waals surface area (Å²) in [6.45, 7) is 0.339. The lowest BCUT2D eigenvalue weighted by Gasteiger charge is -2.23. The van der Waals surface area contributed by atoms with Crippen LogP contribution in [0.2, 0.25) is 0 Å². The molecule has 0 saturated carbocycles. The largest absolute Gasteiger partial charge is 0.304 e. The maximum Gasteiger partial charge on any atom is 0.261 e. The van der Waals surface area contributed by atoms with Crippen LogP contribution in [-0.2, 0) is 6.54 Å². The molecule has 0 aliphatic rings. The third kappa shape index (κ3) is 3.40. The molecule has 4 nitrogen and oxygen atoms in total. The van der Waals surface area contributed by atoms with E-state index in [9.17, 15) is 9.18 Å². The summed E-state index contributed by atoms with van der Waals surface area (Å²) in [5.74, 6) is -1.05. The molecule has 0 atom stereocenters. The second-order valence-corrected chi connectivity index (χ2v) is 4.94. The zero-order chi connectivity index (χ0) is 16.1. The lowest BCUT2D eigenvalue weighted by molar-refractivity contribution is 0.0981. The van der Waals surface area contributed by atoms with Crippen molar-refractivity contribution in [3.05, 3.63) is 90.3 Å². The van der Waals surface area contributed by atoms with Crippen molar-refractivity contribution in [2.45, 2.75) is 6.54 Å². The van der Waals surface area contributed by atoms with E-state index in [1.165, 1.54) is 17.2 Å². The molecule has 0 radical (unpaired) electrons. The number of anilines is 1. The lowest BCUT2D eigenvalue weighted by Crippen LogP contribution is -2.31. The van der Waals surface area contributed by atoms with Crippen molar-refractivity contribution >= 4 is 11.6 Å². The average molecular weight is 307 g/mol. The van der Waals surface area contributed by atoms with Crippen LogP contribution in [0.5, 0.6) is 0 Å². The highest BCUT2D eigenvalue weighted by Gasteiger charge is 2.21. The number of amides is 1. The first-order chi connectivity index (χ1) is 11.3. The van der Waals surface area contributed by atoms with E-state index in [4.69, 9.17) is 0 Å². The average Bonchev–Trinajstić information content (AvgIpc) is 2.61. The van der Waals surface area contributed by atoms with E-state index in [0.717, 1.165) is 11.8 Å². The molecule has 0 aliphatic carbocycles. The maximum atomic E-state index is 13.9. The van der Waals surface area contributed by atoms with Gasteiger partial charge in [-0.05, 0) is 23.8 Å². The van der Waals surface area contributed by atoms with Crippen LogP contribution < -0.4 is 4.90 Å². The molecule has 3 rings (SSSR count). The van der Waals surface area contributed by atoms with Crippen LogP contribution in [0.15, 0.2) is 73.3 Å². The Bertz CT molecular complexity index is 794. The highest BCUT2D eigenvalue weighted by atomic mass is 19.1. The van der Waals surface area contributed by atoms with E-state index in [1.54, 1.807) is 24.5 Å². The van der Waals surface area contributed by atoms with Crippen molar-refractivity contribution in [2.75, 3.05) is 4.90 Å². The fourth-order valence-corrected chi connectivity index (χ4v) is 2.26. The van der Waals surface area contributed by atoms with Gasteiger partial charge in [-0.2, -0.15) is 0 Å². The summed E-state index contributed by atoms with van der Waals surface area (Å²) in [4.78, 5) is 22.0. The molecule has 3 aromatic rings. The first kappa shape index (κ1) is 14.8. The molecule has 1 aromatic carbocycles. The van der Waals surface area contributed by atoms with E-state index in [0.29, 0.717) is 12.2 Å². The number of aromatic nitrogens is 2. The van der Waals surface area contributed by atoms with Crippen molar-refractivity contribution < 1.29 is 9.18 Å². The number of hydrogen-bond acceptors (Lipinski definition) is 3. The first-order valence-electron chi connectivity index (χ1n) is 7.11. The van der Waals surface area contributed by atoms with Gasteiger partial charge >= 0.3 is 0 Å². The number of rotatable bonds is 4. The molecule has 0 bridgehead atoms.